The maximum Gasteiger partial charge on any atom is 0.410 e. The van der Waals surface area contributed by atoms with Crippen molar-refractivity contribution >= 4 is 22.0 Å². The molecule has 7 heteroatoms. The highest BCUT2D eigenvalue weighted by atomic mass is 79.9. The topological polar surface area (TPSA) is 53.3 Å². The highest BCUT2D eigenvalue weighted by Crippen LogP contribution is 2.64. The molecule has 0 N–H and O–H groups in total. The van der Waals surface area contributed by atoms with Gasteiger partial charge in [0.1, 0.15) is 17.2 Å². The van der Waals surface area contributed by atoms with Gasteiger partial charge in [-0.25, -0.2) is 13.6 Å². The zero-order valence-corrected chi connectivity index (χ0v) is 15.2. The van der Waals surface area contributed by atoms with Crippen molar-refractivity contribution in [2.24, 2.45) is 11.8 Å². The van der Waals surface area contributed by atoms with Crippen molar-refractivity contribution in [3.05, 3.63) is 33.8 Å². The predicted molar refractivity (Wildman–Crippen MR) is 86.1 cm³/mol. The second kappa shape index (κ2) is 5.41. The number of piperidine rings is 1. The number of carbonyl (C=O) groups excluding carboxylic acids is 1. The lowest BCUT2D eigenvalue weighted by Crippen LogP contribution is -2.39. The number of benzene rings is 1. The van der Waals surface area contributed by atoms with Crippen LogP contribution in [0.4, 0.5) is 13.6 Å². The average Bonchev–Trinajstić information content (AvgIpc) is 2.81. The van der Waals surface area contributed by atoms with Gasteiger partial charge in [-0.2, -0.15) is 5.26 Å². The molecule has 1 saturated heterocycles. The minimum atomic E-state index is -1.20. The molecule has 1 aliphatic carbocycles. The predicted octanol–water partition coefficient (Wildman–Crippen LogP) is 3.99. The van der Waals surface area contributed by atoms with Gasteiger partial charge in [-0.3, -0.25) is 0 Å². The number of fused-ring (bicyclic) bond motifs is 1. The van der Waals surface area contributed by atoms with Crippen molar-refractivity contribution in [1.29, 1.82) is 5.26 Å². The Kier molecular flexibility index (Phi) is 3.87. The van der Waals surface area contributed by atoms with Gasteiger partial charge < -0.3 is 9.64 Å². The Hall–Kier alpha value is -1.68. The van der Waals surface area contributed by atoms with Crippen molar-refractivity contribution in [2.75, 3.05) is 13.1 Å². The van der Waals surface area contributed by atoms with Crippen LogP contribution in [0, 0.1) is 34.8 Å². The summed E-state index contributed by atoms with van der Waals surface area (Å²) >= 11 is 3.04. The number of ether oxygens (including phenoxy) is 1. The summed E-state index contributed by atoms with van der Waals surface area (Å²) in [5.74, 6) is -2.02. The average molecular weight is 399 g/mol. The third kappa shape index (κ3) is 2.57. The van der Waals surface area contributed by atoms with Gasteiger partial charge in [0.05, 0.1) is 11.5 Å². The van der Waals surface area contributed by atoms with E-state index in [0.717, 1.165) is 12.1 Å². The number of rotatable bonds is 1. The summed E-state index contributed by atoms with van der Waals surface area (Å²) < 4.78 is 34.2. The van der Waals surface area contributed by atoms with E-state index in [-0.39, 0.29) is 35.0 Å². The Morgan fingerprint density at radius 1 is 1.33 bits per heavy atom. The summed E-state index contributed by atoms with van der Waals surface area (Å²) in [4.78, 5) is 13.6. The summed E-state index contributed by atoms with van der Waals surface area (Å²) in [6.07, 6.45) is -0.460. The molecule has 1 saturated carbocycles. The third-order valence-corrected chi connectivity index (χ3v) is 5.10. The molecule has 2 unspecified atom stereocenters. The van der Waals surface area contributed by atoms with E-state index in [9.17, 15) is 18.8 Å². The fourth-order valence-electron chi connectivity index (χ4n) is 3.64. The van der Waals surface area contributed by atoms with Crippen molar-refractivity contribution in [3.63, 3.8) is 0 Å². The first-order valence-corrected chi connectivity index (χ1v) is 8.43. The molecule has 128 valence electrons. The molecule has 4 nitrogen and oxygen atoms in total. The van der Waals surface area contributed by atoms with Gasteiger partial charge >= 0.3 is 6.09 Å². The summed E-state index contributed by atoms with van der Waals surface area (Å²) in [7, 11) is 0. The number of halogens is 3. The molecule has 24 heavy (non-hydrogen) atoms. The number of amides is 1. The van der Waals surface area contributed by atoms with Crippen molar-refractivity contribution in [3.8, 4) is 6.07 Å². The molecule has 0 bridgehead atoms. The van der Waals surface area contributed by atoms with Gasteiger partial charge in [0.25, 0.3) is 0 Å². The third-order valence-electron chi connectivity index (χ3n) is 4.64. The van der Waals surface area contributed by atoms with Crippen molar-refractivity contribution < 1.29 is 18.3 Å². The first-order chi connectivity index (χ1) is 11.1. The molecule has 3 rings (SSSR count). The highest BCUT2D eigenvalue weighted by molar-refractivity contribution is 9.10. The zero-order valence-electron chi connectivity index (χ0n) is 13.6. The zero-order chi connectivity index (χ0) is 17.9. The maximum atomic E-state index is 14.3. The van der Waals surface area contributed by atoms with Crippen LogP contribution in [0.1, 0.15) is 26.3 Å². The fourth-order valence-corrected chi connectivity index (χ4v) is 4.04. The van der Waals surface area contributed by atoms with Crippen LogP contribution in [0.2, 0.25) is 0 Å². The summed E-state index contributed by atoms with van der Waals surface area (Å²) in [5.41, 5.74) is -2.00. The number of nitriles is 1. The molecular weight excluding hydrogens is 382 g/mol. The lowest BCUT2D eigenvalue weighted by atomic mass is 9.90. The van der Waals surface area contributed by atoms with Crippen molar-refractivity contribution in [2.45, 2.75) is 31.8 Å². The van der Waals surface area contributed by atoms with E-state index in [1.165, 1.54) is 4.90 Å². The summed E-state index contributed by atoms with van der Waals surface area (Å²) in [5, 5.41) is 9.62. The molecule has 0 radical (unpaired) electrons. The van der Waals surface area contributed by atoms with Gasteiger partial charge in [-0.05, 0) is 32.9 Å². The van der Waals surface area contributed by atoms with Gasteiger partial charge in [0.15, 0.2) is 0 Å². The lowest BCUT2D eigenvalue weighted by molar-refractivity contribution is 0.0265. The minimum absolute atomic E-state index is 0.188. The van der Waals surface area contributed by atoms with Crippen LogP contribution in [-0.2, 0) is 10.2 Å². The first-order valence-electron chi connectivity index (χ1n) is 7.64. The van der Waals surface area contributed by atoms with Crippen LogP contribution >= 0.6 is 15.9 Å². The monoisotopic (exact) mass is 398 g/mol. The number of likely N-dealkylation sites (tertiary alicyclic amines) is 1. The lowest BCUT2D eigenvalue weighted by Gasteiger charge is -2.27. The Morgan fingerprint density at radius 2 is 1.83 bits per heavy atom. The van der Waals surface area contributed by atoms with Crippen LogP contribution < -0.4 is 0 Å². The van der Waals surface area contributed by atoms with Gasteiger partial charge in [0, 0.05) is 35.0 Å². The summed E-state index contributed by atoms with van der Waals surface area (Å²) in [6, 6.07) is 4.43. The van der Waals surface area contributed by atoms with E-state index in [1.54, 1.807) is 20.8 Å². The molecule has 1 aliphatic heterocycles. The molecule has 1 amide bonds. The second-order valence-electron chi connectivity index (χ2n) is 7.32. The Morgan fingerprint density at radius 3 is 2.25 bits per heavy atom. The number of hydrogen-bond acceptors (Lipinski definition) is 3. The molecule has 1 aromatic carbocycles. The SMILES string of the molecule is CC(C)(C)OC(=O)N1CC2C(C1)C2(C#N)c1c(F)cc(Br)cc1F. The van der Waals surface area contributed by atoms with Gasteiger partial charge in [0.2, 0.25) is 0 Å². The van der Waals surface area contributed by atoms with E-state index in [2.05, 4.69) is 22.0 Å². The van der Waals surface area contributed by atoms with Crippen LogP contribution in [-0.4, -0.2) is 29.7 Å². The normalized spacial score (nSPS) is 28.3. The quantitative estimate of drug-likeness (QED) is 0.718. The highest BCUT2D eigenvalue weighted by Gasteiger charge is 2.72. The second-order valence-corrected chi connectivity index (χ2v) is 8.24. The van der Waals surface area contributed by atoms with E-state index in [1.807, 2.05) is 0 Å². The molecular formula is C17H17BrF2N2O2. The molecule has 2 atom stereocenters. The van der Waals surface area contributed by atoms with E-state index in [0.29, 0.717) is 0 Å². The molecule has 2 aliphatic rings. The number of carbonyl (C=O) groups is 1. The van der Waals surface area contributed by atoms with E-state index >= 15 is 0 Å². The van der Waals surface area contributed by atoms with E-state index < -0.39 is 28.7 Å². The number of hydrogen-bond donors (Lipinski definition) is 0. The minimum Gasteiger partial charge on any atom is -0.444 e. The standard InChI is InChI=1S/C17H17BrF2N2O2/c1-16(2,3)24-15(23)22-6-10-11(7-22)17(10,8-21)14-12(19)4-9(18)5-13(14)20/h4-5,10-11H,6-7H2,1-3H3. The molecule has 2 fully saturated rings. The molecule has 0 aromatic heterocycles. The molecule has 1 heterocycles. The van der Waals surface area contributed by atoms with Crippen LogP contribution in [0.3, 0.4) is 0 Å². The fraction of sp³-hybridized carbons (Fsp3) is 0.529. The smallest absolute Gasteiger partial charge is 0.410 e. The molecule has 0 spiro atoms. The number of nitrogens with zero attached hydrogens (tertiary/aromatic N) is 2. The van der Waals surface area contributed by atoms with Crippen LogP contribution in [0.15, 0.2) is 16.6 Å². The van der Waals surface area contributed by atoms with Crippen LogP contribution in [0.5, 0.6) is 0 Å². The Bertz CT molecular complexity index is 719. The largest absolute Gasteiger partial charge is 0.444 e. The van der Waals surface area contributed by atoms with E-state index in [4.69, 9.17) is 4.74 Å². The van der Waals surface area contributed by atoms with Crippen molar-refractivity contribution in [1.82, 2.24) is 4.90 Å². The van der Waals surface area contributed by atoms with Crippen LogP contribution in [0.25, 0.3) is 0 Å². The maximum absolute atomic E-state index is 14.3. The Labute approximate surface area is 147 Å². The summed E-state index contributed by atoms with van der Waals surface area (Å²) in [6.45, 7) is 5.85. The Balaban J connectivity index is 1.82. The first kappa shape index (κ1) is 17.2. The van der Waals surface area contributed by atoms with Gasteiger partial charge in [-0.15, -0.1) is 0 Å². The van der Waals surface area contributed by atoms with Gasteiger partial charge in [-0.1, -0.05) is 15.9 Å². The molecule has 1 aromatic rings.